The van der Waals surface area contributed by atoms with Gasteiger partial charge < -0.3 is 19.5 Å². The van der Waals surface area contributed by atoms with Crippen molar-refractivity contribution >= 4 is 17.6 Å². The molecule has 0 bridgehead atoms. The number of ether oxygens (including phenoxy) is 3. The molecular formula is C17H24N2O7. The zero-order chi connectivity index (χ0) is 20.1. The second-order valence-electron chi connectivity index (χ2n) is 6.50. The first-order valence-electron chi connectivity index (χ1n) is 8.02. The minimum Gasteiger partial charge on any atom is -0.493 e. The largest absolute Gasteiger partial charge is 0.493 e. The smallest absolute Gasteiger partial charge is 0.346 e. The van der Waals surface area contributed by atoms with E-state index in [1.165, 1.54) is 20.1 Å². The van der Waals surface area contributed by atoms with Gasteiger partial charge in [0.05, 0.1) is 24.7 Å². The molecule has 1 aromatic rings. The second kappa shape index (κ2) is 8.50. The molecule has 9 heteroatoms. The zero-order valence-electron chi connectivity index (χ0n) is 15.7. The van der Waals surface area contributed by atoms with Gasteiger partial charge in [-0.3, -0.25) is 14.9 Å². The monoisotopic (exact) mass is 368 g/mol. The fourth-order valence-corrected chi connectivity index (χ4v) is 2.04. The Kier molecular flexibility index (Phi) is 6.93. The summed E-state index contributed by atoms with van der Waals surface area (Å²) in [6, 6.07) is 2.26. The highest BCUT2D eigenvalue weighted by atomic mass is 16.6. The molecule has 0 fully saturated rings. The maximum absolute atomic E-state index is 12.4. The van der Waals surface area contributed by atoms with E-state index in [4.69, 9.17) is 14.2 Å². The molecule has 9 nitrogen and oxygen atoms in total. The Morgan fingerprint density at radius 1 is 1.27 bits per heavy atom. The normalized spacial score (nSPS) is 12.1. The number of nitro groups is 1. The van der Waals surface area contributed by atoms with Gasteiger partial charge in [0.2, 0.25) is 0 Å². The highest BCUT2D eigenvalue weighted by molar-refractivity contribution is 5.96. The van der Waals surface area contributed by atoms with E-state index >= 15 is 0 Å². The van der Waals surface area contributed by atoms with Crippen molar-refractivity contribution in [1.29, 1.82) is 0 Å². The summed E-state index contributed by atoms with van der Waals surface area (Å²) in [6.45, 7) is 8.72. The Hall–Kier alpha value is -2.84. The molecule has 0 saturated carbocycles. The molecule has 0 aliphatic rings. The topological polar surface area (TPSA) is 117 Å². The molecule has 0 aliphatic heterocycles. The van der Waals surface area contributed by atoms with E-state index in [0.29, 0.717) is 0 Å². The number of methoxy groups -OCH3 is 1. The Labute approximate surface area is 151 Å². The van der Waals surface area contributed by atoms with Crippen LogP contribution in [-0.4, -0.2) is 42.2 Å². The summed E-state index contributed by atoms with van der Waals surface area (Å²) in [6.07, 6.45) is -1.13. The predicted octanol–water partition coefficient (Wildman–Crippen LogP) is 2.46. The number of amides is 1. The average molecular weight is 368 g/mol. The van der Waals surface area contributed by atoms with Crippen LogP contribution in [0.3, 0.4) is 0 Å². The number of rotatable bonds is 7. The number of hydrogen-bond donors (Lipinski definition) is 1. The molecule has 0 aromatic heterocycles. The first kappa shape index (κ1) is 21.2. The van der Waals surface area contributed by atoms with Crippen molar-refractivity contribution in [2.24, 2.45) is 0 Å². The molecule has 0 unspecified atom stereocenters. The van der Waals surface area contributed by atoms with E-state index < -0.39 is 34.1 Å². The number of nitrogens with one attached hydrogen (secondary N) is 1. The van der Waals surface area contributed by atoms with Crippen molar-refractivity contribution in [3.05, 3.63) is 27.8 Å². The summed E-state index contributed by atoms with van der Waals surface area (Å²) in [5.41, 5.74) is -1.33. The Balaban J connectivity index is 3.15. The van der Waals surface area contributed by atoms with E-state index in [1.54, 1.807) is 27.7 Å². The van der Waals surface area contributed by atoms with Crippen LogP contribution in [0.15, 0.2) is 12.1 Å². The Morgan fingerprint density at radius 3 is 2.35 bits per heavy atom. The van der Waals surface area contributed by atoms with E-state index in [-0.39, 0.29) is 23.7 Å². The van der Waals surface area contributed by atoms with Gasteiger partial charge in [0, 0.05) is 11.6 Å². The van der Waals surface area contributed by atoms with Crippen molar-refractivity contribution < 1.29 is 28.7 Å². The highest BCUT2D eigenvalue weighted by Crippen LogP contribution is 2.35. The van der Waals surface area contributed by atoms with Gasteiger partial charge in [-0.15, -0.1) is 0 Å². The second-order valence-corrected chi connectivity index (χ2v) is 6.50. The molecule has 1 rings (SSSR count). The van der Waals surface area contributed by atoms with Crippen molar-refractivity contribution in [2.75, 3.05) is 13.7 Å². The summed E-state index contributed by atoms with van der Waals surface area (Å²) in [4.78, 5) is 35.0. The first-order valence-corrected chi connectivity index (χ1v) is 8.02. The minimum absolute atomic E-state index is 0.119. The third-order valence-corrected chi connectivity index (χ3v) is 3.15. The van der Waals surface area contributed by atoms with Gasteiger partial charge in [0.15, 0.2) is 17.6 Å². The standard InChI is InChI=1S/C17H24N2O7/c1-7-25-14-8-11(12(19(22)23)9-13(14)24-6)16(21)26-10(2)15(20)18-17(3,4)5/h8-10H,7H2,1-6H3,(H,18,20)/t10-/m0/s1. The SMILES string of the molecule is CCOc1cc(C(=O)O[C@@H](C)C(=O)NC(C)(C)C)c([N+](=O)[O-])cc1OC. The van der Waals surface area contributed by atoms with Crippen LogP contribution in [0.25, 0.3) is 0 Å². The van der Waals surface area contributed by atoms with E-state index in [9.17, 15) is 19.7 Å². The van der Waals surface area contributed by atoms with Crippen LogP contribution in [0.5, 0.6) is 11.5 Å². The zero-order valence-corrected chi connectivity index (χ0v) is 15.7. The maximum Gasteiger partial charge on any atom is 0.346 e. The fraction of sp³-hybridized carbons (Fsp3) is 0.529. The molecule has 26 heavy (non-hydrogen) atoms. The highest BCUT2D eigenvalue weighted by Gasteiger charge is 2.29. The molecule has 0 heterocycles. The van der Waals surface area contributed by atoms with Gasteiger partial charge >= 0.3 is 5.97 Å². The number of benzene rings is 1. The van der Waals surface area contributed by atoms with E-state index in [0.717, 1.165) is 6.07 Å². The van der Waals surface area contributed by atoms with Gasteiger partial charge in [0.1, 0.15) is 5.56 Å². The summed E-state index contributed by atoms with van der Waals surface area (Å²) < 4.78 is 15.5. The van der Waals surface area contributed by atoms with Crippen LogP contribution in [-0.2, 0) is 9.53 Å². The molecule has 0 aliphatic carbocycles. The Morgan fingerprint density at radius 2 is 1.88 bits per heavy atom. The lowest BCUT2D eigenvalue weighted by Crippen LogP contribution is -2.46. The molecule has 1 N–H and O–H groups in total. The number of nitro benzene ring substituents is 1. The molecule has 144 valence electrons. The minimum atomic E-state index is -1.13. The first-order chi connectivity index (χ1) is 12.0. The van der Waals surface area contributed by atoms with Crippen molar-refractivity contribution in [2.45, 2.75) is 46.3 Å². The molecule has 1 aromatic carbocycles. The van der Waals surface area contributed by atoms with E-state index in [1.807, 2.05) is 0 Å². The van der Waals surface area contributed by atoms with E-state index in [2.05, 4.69) is 5.32 Å². The molecule has 0 saturated heterocycles. The lowest BCUT2D eigenvalue weighted by atomic mass is 10.1. The van der Waals surface area contributed by atoms with Gasteiger partial charge in [-0.25, -0.2) is 4.79 Å². The van der Waals surface area contributed by atoms with Crippen LogP contribution in [0.1, 0.15) is 45.0 Å². The summed E-state index contributed by atoms with van der Waals surface area (Å²) >= 11 is 0. The van der Waals surface area contributed by atoms with Crippen LogP contribution in [0.4, 0.5) is 5.69 Å². The van der Waals surface area contributed by atoms with Gasteiger partial charge in [-0.05, 0) is 34.6 Å². The van der Waals surface area contributed by atoms with Gasteiger partial charge in [0.25, 0.3) is 11.6 Å². The van der Waals surface area contributed by atoms with Gasteiger partial charge in [-0.1, -0.05) is 0 Å². The third kappa shape index (κ3) is 5.61. The van der Waals surface area contributed by atoms with Crippen LogP contribution in [0.2, 0.25) is 0 Å². The lowest BCUT2D eigenvalue weighted by Gasteiger charge is -2.23. The summed E-state index contributed by atoms with van der Waals surface area (Å²) in [7, 11) is 1.33. The molecule has 0 radical (unpaired) electrons. The maximum atomic E-state index is 12.4. The van der Waals surface area contributed by atoms with Crippen LogP contribution in [0, 0.1) is 10.1 Å². The Bertz CT molecular complexity index is 695. The van der Waals surface area contributed by atoms with Crippen molar-refractivity contribution in [1.82, 2.24) is 5.32 Å². The van der Waals surface area contributed by atoms with Crippen LogP contribution >= 0.6 is 0 Å². The molecular weight excluding hydrogens is 344 g/mol. The quantitative estimate of drug-likeness (QED) is 0.446. The molecule has 1 amide bonds. The fourth-order valence-electron chi connectivity index (χ4n) is 2.04. The lowest BCUT2D eigenvalue weighted by molar-refractivity contribution is -0.385. The number of esters is 1. The number of carbonyl (C=O) groups is 2. The van der Waals surface area contributed by atoms with Gasteiger partial charge in [-0.2, -0.15) is 0 Å². The van der Waals surface area contributed by atoms with Crippen molar-refractivity contribution in [3.8, 4) is 11.5 Å². The predicted molar refractivity (Wildman–Crippen MR) is 93.6 cm³/mol. The van der Waals surface area contributed by atoms with Crippen LogP contribution < -0.4 is 14.8 Å². The summed E-state index contributed by atoms with van der Waals surface area (Å²) in [5.74, 6) is -1.23. The number of hydrogen-bond acceptors (Lipinski definition) is 7. The number of carbonyl (C=O) groups excluding carboxylic acids is 2. The number of nitrogens with zero attached hydrogens (tertiary/aromatic N) is 1. The summed E-state index contributed by atoms with van der Waals surface area (Å²) in [5, 5.41) is 14.0. The average Bonchev–Trinajstić information content (AvgIpc) is 2.52. The molecule has 0 spiro atoms. The van der Waals surface area contributed by atoms with Crippen molar-refractivity contribution in [3.63, 3.8) is 0 Å². The third-order valence-electron chi connectivity index (χ3n) is 3.15. The molecule has 1 atom stereocenters.